The maximum atomic E-state index is 12.8. The molecule has 0 saturated carbocycles. The molecule has 2 saturated heterocycles. The average molecular weight is 403 g/mol. The Labute approximate surface area is 170 Å². The number of nitrogens with zero attached hydrogens (tertiary/aromatic N) is 2. The number of carbonyl (C=O) groups excluding carboxylic acids is 1. The molecule has 0 bridgehead atoms. The smallest absolute Gasteiger partial charge is 0.253 e. The zero-order valence-electron chi connectivity index (χ0n) is 16.0. The van der Waals surface area contributed by atoms with Gasteiger partial charge in [-0.15, -0.1) is 0 Å². The molecule has 7 heteroatoms. The van der Waals surface area contributed by atoms with Crippen LogP contribution in [0.3, 0.4) is 0 Å². The maximum absolute atomic E-state index is 12.8. The number of hydrogen-bond donors (Lipinski definition) is 2. The Kier molecular flexibility index (Phi) is 5.99. The Morgan fingerprint density at radius 1 is 1.32 bits per heavy atom. The van der Waals surface area contributed by atoms with Crippen LogP contribution >= 0.6 is 11.6 Å². The molecule has 150 valence electrons. The number of aromatic nitrogens is 1. The van der Waals surface area contributed by atoms with Crippen LogP contribution in [0.1, 0.15) is 29.6 Å². The lowest BCUT2D eigenvalue weighted by Crippen LogP contribution is -2.40. The van der Waals surface area contributed by atoms with Gasteiger partial charge in [0.15, 0.2) is 0 Å². The van der Waals surface area contributed by atoms with Crippen molar-refractivity contribution in [1.29, 1.82) is 0 Å². The number of carbonyl (C=O) groups is 1. The summed E-state index contributed by atoms with van der Waals surface area (Å²) in [6, 6.07) is 5.25. The number of nitrogens with one attached hydrogen (secondary N) is 1. The van der Waals surface area contributed by atoms with E-state index in [2.05, 4.69) is 15.2 Å². The van der Waals surface area contributed by atoms with E-state index in [0.717, 1.165) is 45.7 Å². The molecule has 28 heavy (non-hydrogen) atoms. The Bertz CT molecular complexity index is 846. The molecule has 0 aliphatic carbocycles. The molecule has 3 heterocycles. The highest BCUT2D eigenvalue weighted by molar-refractivity contribution is 6.35. The highest BCUT2D eigenvalue weighted by Gasteiger charge is 2.24. The molecule has 0 unspecified atom stereocenters. The lowest BCUT2D eigenvalue weighted by atomic mass is 9.95. The Morgan fingerprint density at radius 2 is 2.14 bits per heavy atom. The van der Waals surface area contributed by atoms with E-state index in [1.54, 1.807) is 18.3 Å². The van der Waals surface area contributed by atoms with Gasteiger partial charge in [0.25, 0.3) is 5.91 Å². The van der Waals surface area contributed by atoms with Gasteiger partial charge in [-0.3, -0.25) is 9.78 Å². The highest BCUT2D eigenvalue weighted by Crippen LogP contribution is 2.30. The number of nitrogen functional groups attached to an aromatic ring is 1. The summed E-state index contributed by atoms with van der Waals surface area (Å²) in [5.41, 5.74) is 7.57. The number of hydrogen-bond acceptors (Lipinski definition) is 5. The van der Waals surface area contributed by atoms with Gasteiger partial charge >= 0.3 is 0 Å². The summed E-state index contributed by atoms with van der Waals surface area (Å²) in [5.74, 6) is 1.05. The molecule has 6 nitrogen and oxygen atoms in total. The molecule has 4 rings (SSSR count). The molecule has 2 aliphatic heterocycles. The minimum absolute atomic E-state index is 0.142. The zero-order valence-corrected chi connectivity index (χ0v) is 16.8. The van der Waals surface area contributed by atoms with Crippen LogP contribution in [0.25, 0.3) is 10.9 Å². The second-order valence-corrected chi connectivity index (χ2v) is 8.31. The first-order valence-electron chi connectivity index (χ1n) is 10.0. The fourth-order valence-corrected chi connectivity index (χ4v) is 4.42. The van der Waals surface area contributed by atoms with Crippen molar-refractivity contribution in [3.8, 4) is 0 Å². The summed E-state index contributed by atoms with van der Waals surface area (Å²) in [6.45, 7) is 5.81. The number of piperidine rings is 1. The Morgan fingerprint density at radius 3 is 2.89 bits per heavy atom. The summed E-state index contributed by atoms with van der Waals surface area (Å²) < 4.78 is 5.48. The van der Waals surface area contributed by atoms with Crippen LogP contribution in [0, 0.1) is 11.8 Å². The first-order chi connectivity index (χ1) is 13.6. The molecule has 3 N–H and O–H groups in total. The molecule has 1 atom stereocenters. The number of likely N-dealkylation sites (tertiary alicyclic amines) is 1. The van der Waals surface area contributed by atoms with Gasteiger partial charge in [-0.2, -0.15) is 0 Å². The summed E-state index contributed by atoms with van der Waals surface area (Å²) in [6.07, 6.45) is 5.06. The summed E-state index contributed by atoms with van der Waals surface area (Å²) in [4.78, 5) is 19.7. The molecular weight excluding hydrogens is 376 g/mol. The van der Waals surface area contributed by atoms with Gasteiger partial charge in [0.05, 0.1) is 28.4 Å². The second-order valence-electron chi connectivity index (χ2n) is 7.90. The van der Waals surface area contributed by atoms with Crippen LogP contribution < -0.4 is 11.1 Å². The first-order valence-corrected chi connectivity index (χ1v) is 10.4. The van der Waals surface area contributed by atoms with E-state index < -0.39 is 0 Å². The van der Waals surface area contributed by atoms with E-state index in [1.807, 2.05) is 6.07 Å². The predicted octanol–water partition coefficient (Wildman–Crippen LogP) is 2.95. The number of ether oxygens (including phenoxy) is 1. The number of benzene rings is 1. The molecule has 2 fully saturated rings. The van der Waals surface area contributed by atoms with Crippen LogP contribution in [-0.2, 0) is 4.74 Å². The lowest BCUT2D eigenvalue weighted by molar-refractivity contribution is 0.0933. The third-order valence-electron chi connectivity index (χ3n) is 5.92. The fourth-order valence-electron chi connectivity index (χ4n) is 4.21. The number of nitrogens with two attached hydrogens (primary N) is 1. The van der Waals surface area contributed by atoms with Crippen molar-refractivity contribution in [3.05, 3.63) is 35.0 Å². The number of fused-ring (bicyclic) bond motifs is 1. The van der Waals surface area contributed by atoms with Gasteiger partial charge in [0.2, 0.25) is 0 Å². The third-order valence-corrected chi connectivity index (χ3v) is 6.24. The predicted molar refractivity (Wildman–Crippen MR) is 112 cm³/mol. The molecule has 1 aromatic heterocycles. The van der Waals surface area contributed by atoms with E-state index in [1.165, 1.54) is 6.42 Å². The van der Waals surface area contributed by atoms with E-state index in [9.17, 15) is 4.79 Å². The van der Waals surface area contributed by atoms with Crippen LogP contribution in [0.15, 0.2) is 24.4 Å². The molecule has 2 aromatic rings. The van der Waals surface area contributed by atoms with Crippen LogP contribution in [-0.4, -0.2) is 55.2 Å². The van der Waals surface area contributed by atoms with Crippen molar-refractivity contribution in [1.82, 2.24) is 15.2 Å². The number of anilines is 1. The third kappa shape index (κ3) is 4.24. The van der Waals surface area contributed by atoms with E-state index >= 15 is 0 Å². The van der Waals surface area contributed by atoms with Crippen molar-refractivity contribution in [2.75, 3.05) is 45.1 Å². The van der Waals surface area contributed by atoms with Crippen molar-refractivity contribution >= 4 is 34.1 Å². The average Bonchev–Trinajstić information content (AvgIpc) is 3.23. The Hall–Kier alpha value is -1.89. The number of amides is 1. The first kappa shape index (κ1) is 19.4. The largest absolute Gasteiger partial charge is 0.397 e. The van der Waals surface area contributed by atoms with Crippen molar-refractivity contribution in [2.45, 2.75) is 19.3 Å². The van der Waals surface area contributed by atoms with Crippen LogP contribution in [0.5, 0.6) is 0 Å². The molecule has 0 radical (unpaired) electrons. The summed E-state index contributed by atoms with van der Waals surface area (Å²) in [7, 11) is 0. The van der Waals surface area contributed by atoms with Gasteiger partial charge in [-0.25, -0.2) is 0 Å². The van der Waals surface area contributed by atoms with Crippen LogP contribution in [0.2, 0.25) is 5.02 Å². The normalized spacial score (nSPS) is 21.2. The maximum Gasteiger partial charge on any atom is 0.253 e. The highest BCUT2D eigenvalue weighted by atomic mass is 35.5. The van der Waals surface area contributed by atoms with Crippen molar-refractivity contribution in [2.24, 2.45) is 11.8 Å². The van der Waals surface area contributed by atoms with Gasteiger partial charge in [0.1, 0.15) is 0 Å². The zero-order chi connectivity index (χ0) is 19.5. The second kappa shape index (κ2) is 8.64. The molecule has 0 spiro atoms. The summed E-state index contributed by atoms with van der Waals surface area (Å²) >= 11 is 6.22. The van der Waals surface area contributed by atoms with Gasteiger partial charge in [-0.1, -0.05) is 11.6 Å². The monoisotopic (exact) mass is 402 g/mol. The summed E-state index contributed by atoms with van der Waals surface area (Å²) in [5, 5.41) is 4.18. The van der Waals surface area contributed by atoms with Gasteiger partial charge in [0, 0.05) is 31.3 Å². The Balaban J connectivity index is 1.33. The van der Waals surface area contributed by atoms with Gasteiger partial charge in [-0.05, 0) is 62.4 Å². The topological polar surface area (TPSA) is 80.5 Å². The molecule has 1 amide bonds. The van der Waals surface area contributed by atoms with Crippen LogP contribution in [0.4, 0.5) is 5.69 Å². The lowest BCUT2D eigenvalue weighted by Gasteiger charge is -2.33. The number of pyridine rings is 1. The minimum Gasteiger partial charge on any atom is -0.397 e. The number of halogens is 1. The van der Waals surface area contributed by atoms with E-state index in [4.69, 9.17) is 22.1 Å². The van der Waals surface area contributed by atoms with Crippen molar-refractivity contribution < 1.29 is 9.53 Å². The standard InChI is InChI=1S/C21H27ClN4O2/c22-18-10-17(20-16(19(18)23)2-1-6-24-20)21(27)25-11-14-3-7-26(8-4-14)12-15-5-9-28-13-15/h1-2,6,10,14-15H,3-5,7-9,11-13,23H2,(H,25,27)/t15-/m1/s1. The quantitative estimate of drug-likeness (QED) is 0.751. The SMILES string of the molecule is Nc1c(Cl)cc(C(=O)NCC2CCN(C[C@H]3CCOC3)CC2)c2ncccc12. The van der Waals surface area contributed by atoms with E-state index in [0.29, 0.717) is 45.6 Å². The molecular formula is C21H27ClN4O2. The number of rotatable bonds is 5. The van der Waals surface area contributed by atoms with Crippen molar-refractivity contribution in [3.63, 3.8) is 0 Å². The molecule has 1 aromatic carbocycles. The van der Waals surface area contributed by atoms with Gasteiger partial charge < -0.3 is 20.7 Å². The van der Waals surface area contributed by atoms with E-state index in [-0.39, 0.29) is 5.91 Å². The fraction of sp³-hybridized carbons (Fsp3) is 0.524. The minimum atomic E-state index is -0.142. The molecule has 2 aliphatic rings.